The molecular formula is C17H20N4O2. The number of hydrogen-bond acceptors (Lipinski definition) is 3. The highest BCUT2D eigenvalue weighted by Crippen LogP contribution is 2.13. The van der Waals surface area contributed by atoms with E-state index < -0.39 is 0 Å². The number of carbonyl (C=O) groups is 2. The SMILES string of the molecule is Cc1cccc(NC(=O)c2cccc(NC(=O)NC(C)C)c2)n1. The molecule has 6 heteroatoms. The maximum atomic E-state index is 12.3. The molecule has 23 heavy (non-hydrogen) atoms. The Morgan fingerprint density at radius 3 is 2.48 bits per heavy atom. The van der Waals surface area contributed by atoms with Crippen molar-refractivity contribution >= 4 is 23.4 Å². The number of benzene rings is 1. The van der Waals surface area contributed by atoms with Crippen LogP contribution in [0.2, 0.25) is 0 Å². The van der Waals surface area contributed by atoms with Crippen molar-refractivity contribution < 1.29 is 9.59 Å². The number of aromatic nitrogens is 1. The molecule has 1 aromatic heterocycles. The molecule has 0 aliphatic rings. The van der Waals surface area contributed by atoms with Gasteiger partial charge in [0.05, 0.1) is 0 Å². The number of nitrogens with zero attached hydrogens (tertiary/aromatic N) is 1. The van der Waals surface area contributed by atoms with Crippen LogP contribution in [0.4, 0.5) is 16.3 Å². The minimum absolute atomic E-state index is 0.0360. The standard InChI is InChI=1S/C17H20N4O2/c1-11(2)18-17(23)20-14-8-5-7-13(10-14)16(22)21-15-9-4-6-12(3)19-15/h4-11H,1-3H3,(H2,18,20,23)(H,19,21,22). The van der Waals surface area contributed by atoms with Crippen LogP contribution < -0.4 is 16.0 Å². The Kier molecular flexibility index (Phi) is 5.30. The molecular weight excluding hydrogens is 292 g/mol. The van der Waals surface area contributed by atoms with E-state index in [9.17, 15) is 9.59 Å². The number of urea groups is 1. The number of carbonyl (C=O) groups excluding carboxylic acids is 2. The van der Waals surface area contributed by atoms with Gasteiger partial charge in [0.15, 0.2) is 0 Å². The summed E-state index contributed by atoms with van der Waals surface area (Å²) in [6.07, 6.45) is 0. The van der Waals surface area contributed by atoms with Crippen LogP contribution in [-0.4, -0.2) is 23.0 Å². The molecule has 0 unspecified atom stereocenters. The smallest absolute Gasteiger partial charge is 0.319 e. The maximum Gasteiger partial charge on any atom is 0.319 e. The van der Waals surface area contributed by atoms with Gasteiger partial charge in [0.1, 0.15) is 5.82 Å². The van der Waals surface area contributed by atoms with E-state index in [1.807, 2.05) is 32.9 Å². The summed E-state index contributed by atoms with van der Waals surface area (Å²) in [6.45, 7) is 5.60. The van der Waals surface area contributed by atoms with Crippen molar-refractivity contribution in [1.29, 1.82) is 0 Å². The lowest BCUT2D eigenvalue weighted by molar-refractivity contribution is 0.102. The van der Waals surface area contributed by atoms with Gasteiger partial charge in [0.2, 0.25) is 0 Å². The van der Waals surface area contributed by atoms with Crippen LogP contribution in [0, 0.1) is 6.92 Å². The molecule has 3 amide bonds. The van der Waals surface area contributed by atoms with Crippen molar-refractivity contribution in [1.82, 2.24) is 10.3 Å². The molecule has 0 bridgehead atoms. The summed E-state index contributed by atoms with van der Waals surface area (Å²) >= 11 is 0. The Hall–Kier alpha value is -2.89. The summed E-state index contributed by atoms with van der Waals surface area (Å²) in [4.78, 5) is 28.2. The van der Waals surface area contributed by atoms with Gasteiger partial charge in [0, 0.05) is 23.0 Å². The predicted octanol–water partition coefficient (Wildman–Crippen LogP) is 3.17. The first kappa shape index (κ1) is 16.5. The highest BCUT2D eigenvalue weighted by molar-refractivity contribution is 6.04. The second kappa shape index (κ2) is 7.40. The Balaban J connectivity index is 2.06. The van der Waals surface area contributed by atoms with E-state index in [0.29, 0.717) is 17.1 Å². The van der Waals surface area contributed by atoms with Crippen molar-refractivity contribution in [3.8, 4) is 0 Å². The first-order valence-corrected chi connectivity index (χ1v) is 7.36. The number of pyridine rings is 1. The number of aryl methyl sites for hydroxylation is 1. The zero-order valence-electron chi connectivity index (χ0n) is 13.4. The molecule has 0 fully saturated rings. The Labute approximate surface area is 135 Å². The van der Waals surface area contributed by atoms with Crippen molar-refractivity contribution in [2.24, 2.45) is 0 Å². The van der Waals surface area contributed by atoms with Crippen LogP contribution in [0.15, 0.2) is 42.5 Å². The van der Waals surface area contributed by atoms with Crippen LogP contribution in [0.5, 0.6) is 0 Å². The van der Waals surface area contributed by atoms with E-state index in [4.69, 9.17) is 0 Å². The lowest BCUT2D eigenvalue weighted by atomic mass is 10.2. The van der Waals surface area contributed by atoms with Gasteiger partial charge in [0.25, 0.3) is 5.91 Å². The number of hydrogen-bond donors (Lipinski definition) is 3. The van der Waals surface area contributed by atoms with Crippen molar-refractivity contribution in [2.75, 3.05) is 10.6 Å². The Morgan fingerprint density at radius 1 is 1.04 bits per heavy atom. The average Bonchev–Trinajstić information content (AvgIpc) is 2.46. The van der Waals surface area contributed by atoms with Crippen molar-refractivity contribution in [2.45, 2.75) is 26.8 Å². The molecule has 0 aliphatic carbocycles. The molecule has 120 valence electrons. The third kappa shape index (κ3) is 5.10. The molecule has 0 aliphatic heterocycles. The third-order valence-electron chi connectivity index (χ3n) is 2.93. The van der Waals surface area contributed by atoms with Gasteiger partial charge in [-0.2, -0.15) is 0 Å². The van der Waals surface area contributed by atoms with Crippen LogP contribution >= 0.6 is 0 Å². The quantitative estimate of drug-likeness (QED) is 0.811. The van der Waals surface area contributed by atoms with Crippen LogP contribution in [0.1, 0.15) is 29.9 Å². The summed E-state index contributed by atoms with van der Waals surface area (Å²) in [6, 6.07) is 11.9. The lowest BCUT2D eigenvalue weighted by Gasteiger charge is -2.11. The summed E-state index contributed by atoms with van der Waals surface area (Å²) in [5.74, 6) is 0.210. The molecule has 0 saturated heterocycles. The van der Waals surface area contributed by atoms with E-state index in [2.05, 4.69) is 20.9 Å². The van der Waals surface area contributed by atoms with E-state index in [0.717, 1.165) is 5.69 Å². The lowest BCUT2D eigenvalue weighted by Crippen LogP contribution is -2.34. The van der Waals surface area contributed by atoms with Crippen LogP contribution in [0.3, 0.4) is 0 Å². The molecule has 6 nitrogen and oxygen atoms in total. The summed E-state index contributed by atoms with van der Waals surface area (Å²) in [5.41, 5.74) is 1.81. The van der Waals surface area contributed by atoms with E-state index in [1.165, 1.54) is 0 Å². The zero-order valence-corrected chi connectivity index (χ0v) is 13.4. The number of anilines is 2. The molecule has 1 heterocycles. The highest BCUT2D eigenvalue weighted by Gasteiger charge is 2.09. The molecule has 3 N–H and O–H groups in total. The number of amides is 3. The fourth-order valence-corrected chi connectivity index (χ4v) is 1.97. The largest absolute Gasteiger partial charge is 0.336 e. The van der Waals surface area contributed by atoms with Gasteiger partial charge < -0.3 is 16.0 Å². The molecule has 0 saturated carbocycles. The predicted molar refractivity (Wildman–Crippen MR) is 90.7 cm³/mol. The van der Waals surface area contributed by atoms with Crippen molar-refractivity contribution in [3.05, 3.63) is 53.7 Å². The minimum Gasteiger partial charge on any atom is -0.336 e. The van der Waals surface area contributed by atoms with Gasteiger partial charge in [-0.1, -0.05) is 12.1 Å². The summed E-state index contributed by atoms with van der Waals surface area (Å²) < 4.78 is 0. The van der Waals surface area contributed by atoms with Gasteiger partial charge in [-0.15, -0.1) is 0 Å². The molecule has 0 spiro atoms. The summed E-state index contributed by atoms with van der Waals surface area (Å²) in [5, 5.41) is 8.15. The third-order valence-corrected chi connectivity index (χ3v) is 2.93. The Morgan fingerprint density at radius 2 is 1.78 bits per heavy atom. The fourth-order valence-electron chi connectivity index (χ4n) is 1.97. The van der Waals surface area contributed by atoms with Gasteiger partial charge in [-0.05, 0) is 51.1 Å². The zero-order chi connectivity index (χ0) is 16.8. The monoisotopic (exact) mass is 312 g/mol. The first-order valence-electron chi connectivity index (χ1n) is 7.36. The molecule has 0 radical (unpaired) electrons. The fraction of sp³-hybridized carbons (Fsp3) is 0.235. The topological polar surface area (TPSA) is 83.1 Å². The second-order valence-corrected chi connectivity index (χ2v) is 5.45. The molecule has 1 aromatic carbocycles. The first-order chi connectivity index (χ1) is 10.9. The van der Waals surface area contributed by atoms with E-state index in [-0.39, 0.29) is 18.0 Å². The van der Waals surface area contributed by atoms with Gasteiger partial charge >= 0.3 is 6.03 Å². The Bertz CT molecular complexity index is 713. The van der Waals surface area contributed by atoms with E-state index in [1.54, 1.807) is 30.3 Å². The minimum atomic E-state index is -0.307. The highest BCUT2D eigenvalue weighted by atomic mass is 16.2. The van der Waals surface area contributed by atoms with E-state index >= 15 is 0 Å². The molecule has 2 rings (SSSR count). The molecule has 0 atom stereocenters. The van der Waals surface area contributed by atoms with Gasteiger partial charge in [-0.3, -0.25) is 4.79 Å². The molecule has 2 aromatic rings. The average molecular weight is 312 g/mol. The van der Waals surface area contributed by atoms with Crippen LogP contribution in [-0.2, 0) is 0 Å². The van der Waals surface area contributed by atoms with Gasteiger partial charge in [-0.25, -0.2) is 9.78 Å². The normalized spacial score (nSPS) is 10.3. The van der Waals surface area contributed by atoms with Crippen molar-refractivity contribution in [3.63, 3.8) is 0 Å². The number of rotatable bonds is 4. The number of nitrogens with one attached hydrogen (secondary N) is 3. The summed E-state index contributed by atoms with van der Waals surface area (Å²) in [7, 11) is 0. The maximum absolute atomic E-state index is 12.3. The second-order valence-electron chi connectivity index (χ2n) is 5.45. The van der Waals surface area contributed by atoms with Crippen LogP contribution in [0.25, 0.3) is 0 Å².